The molecule has 0 fully saturated rings. The molecular weight excluding hydrogens is 351 g/mol. The molecule has 0 aliphatic carbocycles. The van der Waals surface area contributed by atoms with Crippen LogP contribution in [0.3, 0.4) is 0 Å². The molecule has 3 aromatic rings. The molecule has 2 nitrogen and oxygen atoms in total. The predicted molar refractivity (Wildman–Crippen MR) is 111 cm³/mol. The molecule has 3 aromatic carbocycles. The molecule has 3 rings (SSSR count). The molecule has 28 heavy (non-hydrogen) atoms. The Morgan fingerprint density at radius 3 is 2.39 bits per heavy atom. The van der Waals surface area contributed by atoms with Gasteiger partial charge < -0.3 is 5.11 Å². The van der Waals surface area contributed by atoms with Gasteiger partial charge in [0.1, 0.15) is 5.82 Å². The van der Waals surface area contributed by atoms with Crippen LogP contribution in [0.5, 0.6) is 0 Å². The van der Waals surface area contributed by atoms with E-state index in [2.05, 4.69) is 38.1 Å². The smallest absolute Gasteiger partial charge is 0.335 e. The molecule has 0 bridgehead atoms. The lowest BCUT2D eigenvalue weighted by atomic mass is 9.90. The van der Waals surface area contributed by atoms with E-state index in [1.54, 1.807) is 36.4 Å². The lowest BCUT2D eigenvalue weighted by molar-refractivity contribution is 0.0697. The highest BCUT2D eigenvalue weighted by molar-refractivity contribution is 5.87. The molecule has 142 valence electrons. The topological polar surface area (TPSA) is 37.3 Å². The second-order valence-corrected chi connectivity index (χ2v) is 7.07. The molecule has 3 heteroatoms. The van der Waals surface area contributed by atoms with Crippen molar-refractivity contribution in [2.24, 2.45) is 0 Å². The first-order valence-electron chi connectivity index (χ1n) is 9.25. The largest absolute Gasteiger partial charge is 0.478 e. The molecule has 0 aliphatic heterocycles. The number of carbonyl (C=O) groups is 1. The van der Waals surface area contributed by atoms with Crippen LogP contribution < -0.4 is 0 Å². The summed E-state index contributed by atoms with van der Waals surface area (Å²) in [7, 11) is 0. The van der Waals surface area contributed by atoms with Crippen LogP contribution in [0.1, 0.15) is 44.1 Å². The van der Waals surface area contributed by atoms with Gasteiger partial charge in [0, 0.05) is 5.92 Å². The molecule has 0 heterocycles. The van der Waals surface area contributed by atoms with Crippen LogP contribution >= 0.6 is 0 Å². The fourth-order valence-corrected chi connectivity index (χ4v) is 3.18. The molecule has 0 spiro atoms. The minimum absolute atomic E-state index is 0.0111. The number of hydrogen-bond acceptors (Lipinski definition) is 1. The van der Waals surface area contributed by atoms with Gasteiger partial charge in [-0.05, 0) is 72.4 Å². The number of aryl methyl sites for hydroxylation is 2. The van der Waals surface area contributed by atoms with Crippen molar-refractivity contribution in [2.45, 2.75) is 26.2 Å². The van der Waals surface area contributed by atoms with E-state index in [0.29, 0.717) is 0 Å². The van der Waals surface area contributed by atoms with Gasteiger partial charge in [-0.3, -0.25) is 0 Å². The molecule has 1 N–H and O–H groups in total. The molecule has 0 aliphatic rings. The van der Waals surface area contributed by atoms with Crippen LogP contribution in [-0.2, 0) is 6.42 Å². The standard InChI is InChI=1S/C25H23FO2/c1-17-6-7-20(14-18(17)2)15-23(22-4-3-5-24(26)16-22)13-10-19-8-11-21(12-9-19)25(27)28/h3-14,16,23H,15H2,1-2H3,(H,27,28)/b13-10+. The van der Waals surface area contributed by atoms with E-state index in [0.717, 1.165) is 17.5 Å². The quantitative estimate of drug-likeness (QED) is 0.559. The monoisotopic (exact) mass is 374 g/mol. The maximum Gasteiger partial charge on any atom is 0.335 e. The fraction of sp³-hybridized carbons (Fsp3) is 0.160. The van der Waals surface area contributed by atoms with Gasteiger partial charge in [-0.2, -0.15) is 0 Å². The minimum Gasteiger partial charge on any atom is -0.478 e. The third-order valence-electron chi connectivity index (χ3n) is 4.98. The van der Waals surface area contributed by atoms with Crippen molar-refractivity contribution in [3.05, 3.63) is 112 Å². The molecule has 0 radical (unpaired) electrons. The summed E-state index contributed by atoms with van der Waals surface area (Å²) in [5.41, 5.74) is 5.77. The summed E-state index contributed by atoms with van der Waals surface area (Å²) in [5.74, 6) is -1.18. The number of carboxylic acids is 1. The lowest BCUT2D eigenvalue weighted by Crippen LogP contribution is -2.01. The first-order chi connectivity index (χ1) is 13.4. The van der Waals surface area contributed by atoms with Crippen LogP contribution in [0.4, 0.5) is 4.39 Å². The van der Waals surface area contributed by atoms with Crippen LogP contribution in [0.2, 0.25) is 0 Å². The average Bonchev–Trinajstić information content (AvgIpc) is 2.68. The number of halogens is 1. The second kappa shape index (κ2) is 8.66. The second-order valence-electron chi connectivity index (χ2n) is 7.07. The van der Waals surface area contributed by atoms with Gasteiger partial charge in [0.2, 0.25) is 0 Å². The summed E-state index contributed by atoms with van der Waals surface area (Å²) in [6.07, 6.45) is 4.77. The van der Waals surface area contributed by atoms with Gasteiger partial charge >= 0.3 is 5.97 Å². The number of benzene rings is 3. The van der Waals surface area contributed by atoms with Crippen molar-refractivity contribution >= 4 is 12.0 Å². The third-order valence-corrected chi connectivity index (χ3v) is 4.98. The van der Waals surface area contributed by atoms with E-state index < -0.39 is 5.97 Å². The van der Waals surface area contributed by atoms with Crippen molar-refractivity contribution < 1.29 is 14.3 Å². The summed E-state index contributed by atoms with van der Waals surface area (Å²) in [4.78, 5) is 11.0. The summed E-state index contributed by atoms with van der Waals surface area (Å²) < 4.78 is 13.8. The molecule has 0 saturated heterocycles. The number of carboxylic acid groups (broad SMARTS) is 1. The zero-order valence-corrected chi connectivity index (χ0v) is 16.0. The maximum atomic E-state index is 13.8. The Morgan fingerprint density at radius 1 is 1.00 bits per heavy atom. The van der Waals surface area contributed by atoms with Gasteiger partial charge in [0.25, 0.3) is 0 Å². The van der Waals surface area contributed by atoms with E-state index in [1.807, 2.05) is 12.1 Å². The highest BCUT2D eigenvalue weighted by Crippen LogP contribution is 2.25. The zero-order chi connectivity index (χ0) is 20.1. The maximum absolute atomic E-state index is 13.8. The van der Waals surface area contributed by atoms with E-state index in [9.17, 15) is 9.18 Å². The zero-order valence-electron chi connectivity index (χ0n) is 16.0. The number of hydrogen-bond donors (Lipinski definition) is 1. The van der Waals surface area contributed by atoms with Gasteiger partial charge in [0.05, 0.1) is 5.56 Å². The number of aromatic carboxylic acids is 1. The van der Waals surface area contributed by atoms with Crippen molar-refractivity contribution in [3.8, 4) is 0 Å². The van der Waals surface area contributed by atoms with Crippen molar-refractivity contribution in [1.82, 2.24) is 0 Å². The van der Waals surface area contributed by atoms with Crippen molar-refractivity contribution in [1.29, 1.82) is 0 Å². The Morgan fingerprint density at radius 2 is 1.75 bits per heavy atom. The SMILES string of the molecule is Cc1ccc(CC(/C=C/c2ccc(C(=O)O)cc2)c2cccc(F)c2)cc1C. The molecule has 0 aromatic heterocycles. The van der Waals surface area contributed by atoms with Crippen molar-refractivity contribution in [2.75, 3.05) is 0 Å². The summed E-state index contributed by atoms with van der Waals surface area (Å²) in [6.45, 7) is 4.18. The lowest BCUT2D eigenvalue weighted by Gasteiger charge is -2.15. The first kappa shape index (κ1) is 19.6. The van der Waals surface area contributed by atoms with Crippen LogP contribution in [-0.4, -0.2) is 11.1 Å². The van der Waals surface area contributed by atoms with Crippen LogP contribution in [0.15, 0.2) is 72.8 Å². The van der Waals surface area contributed by atoms with Gasteiger partial charge in [0.15, 0.2) is 0 Å². The fourth-order valence-electron chi connectivity index (χ4n) is 3.18. The molecule has 0 amide bonds. The Hall–Kier alpha value is -3.20. The highest BCUT2D eigenvalue weighted by atomic mass is 19.1. The Kier molecular flexibility index (Phi) is 6.05. The Labute approximate surface area is 165 Å². The molecule has 0 saturated carbocycles. The Balaban J connectivity index is 1.89. The number of rotatable bonds is 6. The first-order valence-corrected chi connectivity index (χ1v) is 9.25. The van der Waals surface area contributed by atoms with Crippen LogP contribution in [0.25, 0.3) is 6.08 Å². The van der Waals surface area contributed by atoms with E-state index in [1.165, 1.54) is 22.8 Å². The van der Waals surface area contributed by atoms with Gasteiger partial charge in [-0.15, -0.1) is 0 Å². The molecular formula is C25H23FO2. The van der Waals surface area contributed by atoms with Crippen molar-refractivity contribution in [3.63, 3.8) is 0 Å². The third kappa shape index (κ3) is 4.95. The number of allylic oxidation sites excluding steroid dienone is 1. The summed E-state index contributed by atoms with van der Waals surface area (Å²) in [5, 5.41) is 9.02. The molecule has 1 unspecified atom stereocenters. The Bertz CT molecular complexity index is 1000. The van der Waals surface area contributed by atoms with Crippen LogP contribution in [0, 0.1) is 19.7 Å². The van der Waals surface area contributed by atoms with E-state index >= 15 is 0 Å². The van der Waals surface area contributed by atoms with E-state index in [4.69, 9.17) is 5.11 Å². The van der Waals surface area contributed by atoms with Gasteiger partial charge in [-0.1, -0.05) is 54.6 Å². The molecule has 1 atom stereocenters. The minimum atomic E-state index is -0.942. The summed E-state index contributed by atoms with van der Waals surface area (Å²) in [6, 6.07) is 19.8. The highest BCUT2D eigenvalue weighted by Gasteiger charge is 2.11. The summed E-state index contributed by atoms with van der Waals surface area (Å²) >= 11 is 0. The van der Waals surface area contributed by atoms with E-state index in [-0.39, 0.29) is 17.3 Å². The predicted octanol–water partition coefficient (Wildman–Crippen LogP) is 6.18. The van der Waals surface area contributed by atoms with Gasteiger partial charge in [-0.25, -0.2) is 9.18 Å². The normalized spacial score (nSPS) is 12.2. The average molecular weight is 374 g/mol.